The van der Waals surface area contributed by atoms with Crippen molar-refractivity contribution in [1.29, 1.82) is 0 Å². The smallest absolute Gasteiger partial charge is 0.126 e. The zero-order chi connectivity index (χ0) is 11.1. The van der Waals surface area contributed by atoms with Gasteiger partial charge in [-0.1, -0.05) is 23.8 Å². The largest absolute Gasteiger partial charge is 0.496 e. The topological polar surface area (TPSA) is 44.5 Å². The van der Waals surface area contributed by atoms with Crippen LogP contribution >= 0.6 is 11.6 Å². The molecule has 0 aromatic heterocycles. The Morgan fingerprint density at radius 1 is 1.47 bits per heavy atom. The molecule has 0 heterocycles. The van der Waals surface area contributed by atoms with Gasteiger partial charge in [-0.3, -0.25) is 0 Å². The predicted octanol–water partition coefficient (Wildman–Crippen LogP) is 2.64. The van der Waals surface area contributed by atoms with Gasteiger partial charge in [0.1, 0.15) is 5.75 Å². The van der Waals surface area contributed by atoms with E-state index in [1.807, 2.05) is 24.3 Å². The molecule has 0 atom stereocenters. The summed E-state index contributed by atoms with van der Waals surface area (Å²) < 4.78 is 5.19. The number of ether oxygens (including phenoxy) is 1. The van der Waals surface area contributed by atoms with Crippen LogP contribution in [0.1, 0.15) is 12.0 Å². The maximum Gasteiger partial charge on any atom is 0.126 e. The highest BCUT2D eigenvalue weighted by Gasteiger charge is 1.99. The van der Waals surface area contributed by atoms with E-state index >= 15 is 0 Å². The van der Waals surface area contributed by atoms with Gasteiger partial charge in [-0.05, 0) is 24.6 Å². The highest BCUT2D eigenvalue weighted by atomic mass is 35.5. The van der Waals surface area contributed by atoms with Gasteiger partial charge in [0.25, 0.3) is 0 Å². The van der Waals surface area contributed by atoms with E-state index < -0.39 is 0 Å². The lowest BCUT2D eigenvalue weighted by molar-refractivity contribution is 0.143. The quantitative estimate of drug-likeness (QED) is 0.621. The van der Waals surface area contributed by atoms with Gasteiger partial charge in [-0.15, -0.1) is 0 Å². The van der Waals surface area contributed by atoms with Gasteiger partial charge in [0, 0.05) is 10.6 Å². The Labute approximate surface area is 94.4 Å². The standard InChI is InChI=1S/C11H14ClNO2/c1-14-11-6-5-10(12)8-9(11)4-2-3-7-15-13/h2,4-6,8H,3,7,13H2,1H3/b4-2+. The molecule has 1 aromatic rings. The maximum atomic E-state index is 5.88. The molecule has 82 valence electrons. The summed E-state index contributed by atoms with van der Waals surface area (Å²) in [7, 11) is 1.63. The molecule has 1 rings (SSSR count). The Hall–Kier alpha value is -1.03. The second-order valence-electron chi connectivity index (χ2n) is 2.95. The first-order chi connectivity index (χ1) is 7.27. The number of halogens is 1. The second-order valence-corrected chi connectivity index (χ2v) is 3.38. The Kier molecular flexibility index (Phi) is 5.18. The molecule has 4 heteroatoms. The van der Waals surface area contributed by atoms with Crippen molar-refractivity contribution in [1.82, 2.24) is 0 Å². The molecule has 0 spiro atoms. The first-order valence-electron chi connectivity index (χ1n) is 4.59. The number of benzene rings is 1. The average Bonchev–Trinajstić information content (AvgIpc) is 2.25. The van der Waals surface area contributed by atoms with E-state index in [0.717, 1.165) is 17.7 Å². The van der Waals surface area contributed by atoms with E-state index in [1.165, 1.54) is 0 Å². The monoisotopic (exact) mass is 227 g/mol. The lowest BCUT2D eigenvalue weighted by Crippen LogP contribution is -1.98. The summed E-state index contributed by atoms with van der Waals surface area (Å²) in [4.78, 5) is 4.45. The van der Waals surface area contributed by atoms with Crippen LogP contribution in [0.25, 0.3) is 6.08 Å². The Bertz CT molecular complexity index is 339. The van der Waals surface area contributed by atoms with Crippen molar-refractivity contribution in [3.63, 3.8) is 0 Å². The van der Waals surface area contributed by atoms with Crippen molar-refractivity contribution in [2.24, 2.45) is 5.90 Å². The molecule has 3 nitrogen and oxygen atoms in total. The fourth-order valence-electron chi connectivity index (χ4n) is 1.18. The molecule has 1 aromatic carbocycles. The van der Waals surface area contributed by atoms with Gasteiger partial charge >= 0.3 is 0 Å². The number of rotatable bonds is 5. The van der Waals surface area contributed by atoms with Crippen LogP contribution in [0.3, 0.4) is 0 Å². The van der Waals surface area contributed by atoms with Crippen LogP contribution in [0.15, 0.2) is 24.3 Å². The summed E-state index contributed by atoms with van der Waals surface area (Å²) >= 11 is 5.88. The van der Waals surface area contributed by atoms with Crippen LogP contribution < -0.4 is 10.6 Å². The highest BCUT2D eigenvalue weighted by Crippen LogP contribution is 2.23. The number of hydrogen-bond acceptors (Lipinski definition) is 3. The fraction of sp³-hybridized carbons (Fsp3) is 0.273. The summed E-state index contributed by atoms with van der Waals surface area (Å²) in [6.07, 6.45) is 4.65. The summed E-state index contributed by atoms with van der Waals surface area (Å²) in [5.74, 6) is 5.70. The van der Waals surface area contributed by atoms with E-state index in [2.05, 4.69) is 4.84 Å². The SMILES string of the molecule is COc1ccc(Cl)cc1/C=C/CCON. The summed E-state index contributed by atoms with van der Waals surface area (Å²) in [6.45, 7) is 0.499. The third-order valence-electron chi connectivity index (χ3n) is 1.89. The van der Waals surface area contributed by atoms with Gasteiger partial charge in [-0.2, -0.15) is 0 Å². The molecular formula is C11H14ClNO2. The van der Waals surface area contributed by atoms with Gasteiger partial charge in [-0.25, -0.2) is 5.90 Å². The van der Waals surface area contributed by atoms with E-state index in [-0.39, 0.29) is 0 Å². The second kappa shape index (κ2) is 6.45. The molecule has 0 fully saturated rings. The van der Waals surface area contributed by atoms with Crippen LogP contribution in [0, 0.1) is 0 Å². The molecular weight excluding hydrogens is 214 g/mol. The predicted molar refractivity (Wildman–Crippen MR) is 61.8 cm³/mol. The average molecular weight is 228 g/mol. The molecule has 0 unspecified atom stereocenters. The Morgan fingerprint density at radius 2 is 2.27 bits per heavy atom. The minimum Gasteiger partial charge on any atom is -0.496 e. The van der Waals surface area contributed by atoms with Crippen molar-refractivity contribution in [3.05, 3.63) is 34.9 Å². The van der Waals surface area contributed by atoms with Crippen LogP contribution in [0.4, 0.5) is 0 Å². The third kappa shape index (κ3) is 3.91. The number of nitrogens with two attached hydrogens (primary N) is 1. The van der Waals surface area contributed by atoms with Crippen LogP contribution in [-0.2, 0) is 4.84 Å². The lowest BCUT2D eigenvalue weighted by atomic mass is 10.2. The molecule has 0 saturated heterocycles. The maximum absolute atomic E-state index is 5.88. The zero-order valence-corrected chi connectivity index (χ0v) is 9.33. The number of hydrogen-bond donors (Lipinski definition) is 1. The highest BCUT2D eigenvalue weighted by molar-refractivity contribution is 6.30. The zero-order valence-electron chi connectivity index (χ0n) is 8.57. The minimum absolute atomic E-state index is 0.499. The normalized spacial score (nSPS) is 10.9. The Morgan fingerprint density at radius 3 is 2.93 bits per heavy atom. The van der Waals surface area contributed by atoms with E-state index in [1.54, 1.807) is 13.2 Å². The first-order valence-corrected chi connectivity index (χ1v) is 4.97. The van der Waals surface area contributed by atoms with Gasteiger partial charge in [0.2, 0.25) is 0 Å². The van der Waals surface area contributed by atoms with Crippen molar-refractivity contribution in [2.75, 3.05) is 13.7 Å². The summed E-state index contributed by atoms with van der Waals surface area (Å²) in [6, 6.07) is 5.47. The van der Waals surface area contributed by atoms with Gasteiger partial charge < -0.3 is 9.57 Å². The molecule has 0 amide bonds. The molecule has 0 aliphatic rings. The summed E-state index contributed by atoms with van der Waals surface area (Å²) in [5.41, 5.74) is 0.946. The molecule has 0 aliphatic heterocycles. The Balaban J connectivity index is 2.73. The molecule has 0 aliphatic carbocycles. The van der Waals surface area contributed by atoms with Crippen molar-refractivity contribution in [3.8, 4) is 5.75 Å². The van der Waals surface area contributed by atoms with Crippen LogP contribution in [0.5, 0.6) is 5.75 Å². The van der Waals surface area contributed by atoms with Crippen molar-refractivity contribution in [2.45, 2.75) is 6.42 Å². The molecule has 15 heavy (non-hydrogen) atoms. The van der Waals surface area contributed by atoms with Gasteiger partial charge in [0.15, 0.2) is 0 Å². The van der Waals surface area contributed by atoms with Crippen LogP contribution in [-0.4, -0.2) is 13.7 Å². The van der Waals surface area contributed by atoms with Crippen molar-refractivity contribution < 1.29 is 9.57 Å². The minimum atomic E-state index is 0.499. The molecule has 0 bridgehead atoms. The first kappa shape index (κ1) is 12.0. The van der Waals surface area contributed by atoms with E-state index in [9.17, 15) is 0 Å². The number of methoxy groups -OCH3 is 1. The molecule has 2 N–H and O–H groups in total. The van der Waals surface area contributed by atoms with Crippen molar-refractivity contribution >= 4 is 17.7 Å². The van der Waals surface area contributed by atoms with E-state index in [4.69, 9.17) is 22.2 Å². The third-order valence-corrected chi connectivity index (χ3v) is 2.13. The van der Waals surface area contributed by atoms with Gasteiger partial charge in [0.05, 0.1) is 13.7 Å². The van der Waals surface area contributed by atoms with E-state index in [0.29, 0.717) is 11.6 Å². The lowest BCUT2D eigenvalue weighted by Gasteiger charge is -2.04. The summed E-state index contributed by atoms with van der Waals surface area (Å²) in [5, 5.41) is 0.686. The molecule has 0 saturated carbocycles. The molecule has 0 radical (unpaired) electrons. The fourth-order valence-corrected chi connectivity index (χ4v) is 1.36. The van der Waals surface area contributed by atoms with Crippen LogP contribution in [0.2, 0.25) is 5.02 Å².